The molecule has 3 N–H and O–H groups in total. The van der Waals surface area contributed by atoms with Crippen molar-refractivity contribution in [3.05, 3.63) is 59.7 Å². The Morgan fingerprint density at radius 1 is 1.03 bits per heavy atom. The third-order valence-electron chi connectivity index (χ3n) is 6.66. The summed E-state index contributed by atoms with van der Waals surface area (Å²) < 4.78 is 10.9. The molecule has 3 atom stereocenters. The molecule has 0 radical (unpaired) electrons. The Hall–Kier alpha value is -3.39. The fraction of sp³-hybridized carbons (Fsp3) is 0.423. The lowest BCUT2D eigenvalue weighted by atomic mass is 9.98. The third-order valence-corrected chi connectivity index (χ3v) is 6.66. The summed E-state index contributed by atoms with van der Waals surface area (Å²) in [6, 6.07) is 15.0. The second-order valence-electron chi connectivity index (χ2n) is 8.83. The van der Waals surface area contributed by atoms with Crippen LogP contribution in [0.2, 0.25) is 0 Å². The van der Waals surface area contributed by atoms with Crippen LogP contribution in [0.1, 0.15) is 49.1 Å². The van der Waals surface area contributed by atoms with Crippen LogP contribution in [-0.2, 0) is 19.1 Å². The van der Waals surface area contributed by atoms with Crippen LogP contribution in [0.25, 0.3) is 11.1 Å². The maximum atomic E-state index is 12.8. The number of benzene rings is 2. The van der Waals surface area contributed by atoms with E-state index >= 15 is 0 Å². The monoisotopic (exact) mass is 466 g/mol. The number of hydrogen-bond acceptors (Lipinski definition) is 5. The molecule has 2 aromatic carbocycles. The summed E-state index contributed by atoms with van der Waals surface area (Å²) in [6.07, 6.45) is 1.41. The quantitative estimate of drug-likeness (QED) is 0.522. The Kier molecular flexibility index (Phi) is 7.47. The lowest BCUT2D eigenvalue weighted by molar-refractivity contribution is -0.137. The standard InChI is InChI=1S/C26H30N2O6/c1-33-17-11-10-16(14-17)27-25(31)23(12-13-24(29)30)28-26(32)34-15-22-20-8-4-2-6-18(20)19-7-3-5-9-21(19)22/h2-9,16-17,22-23H,10-15H2,1H3,(H,27,31)(H,28,32)(H,29,30). The van der Waals surface area contributed by atoms with Gasteiger partial charge in [0.25, 0.3) is 0 Å². The molecule has 0 bridgehead atoms. The highest BCUT2D eigenvalue weighted by molar-refractivity contribution is 5.86. The molecule has 34 heavy (non-hydrogen) atoms. The number of nitrogens with one attached hydrogen (secondary N) is 2. The Morgan fingerprint density at radius 3 is 2.26 bits per heavy atom. The Balaban J connectivity index is 1.38. The summed E-state index contributed by atoms with van der Waals surface area (Å²) in [5.41, 5.74) is 4.42. The number of methoxy groups -OCH3 is 1. The van der Waals surface area contributed by atoms with Gasteiger partial charge in [0.1, 0.15) is 12.6 Å². The second kappa shape index (κ2) is 10.7. The van der Waals surface area contributed by atoms with Crippen LogP contribution in [-0.4, -0.2) is 55.0 Å². The highest BCUT2D eigenvalue weighted by atomic mass is 16.5. The van der Waals surface area contributed by atoms with E-state index in [2.05, 4.69) is 22.8 Å². The molecule has 0 saturated heterocycles. The van der Waals surface area contributed by atoms with Gasteiger partial charge in [-0.3, -0.25) is 9.59 Å². The minimum atomic E-state index is -1.03. The molecule has 2 aromatic rings. The third kappa shape index (κ3) is 5.39. The highest BCUT2D eigenvalue weighted by Gasteiger charge is 2.31. The highest BCUT2D eigenvalue weighted by Crippen LogP contribution is 2.44. The van der Waals surface area contributed by atoms with Gasteiger partial charge in [-0.15, -0.1) is 0 Å². The van der Waals surface area contributed by atoms with E-state index in [1.54, 1.807) is 7.11 Å². The smallest absolute Gasteiger partial charge is 0.407 e. The summed E-state index contributed by atoms with van der Waals surface area (Å²) in [5.74, 6) is -1.54. The average molecular weight is 467 g/mol. The van der Waals surface area contributed by atoms with Crippen molar-refractivity contribution in [2.24, 2.45) is 0 Å². The van der Waals surface area contributed by atoms with Gasteiger partial charge in [0.2, 0.25) is 5.91 Å². The van der Waals surface area contributed by atoms with Crippen LogP contribution < -0.4 is 10.6 Å². The van der Waals surface area contributed by atoms with Crippen LogP contribution in [0, 0.1) is 0 Å². The number of amides is 2. The molecular weight excluding hydrogens is 436 g/mol. The molecule has 3 unspecified atom stereocenters. The van der Waals surface area contributed by atoms with Gasteiger partial charge in [-0.1, -0.05) is 48.5 Å². The maximum absolute atomic E-state index is 12.8. The summed E-state index contributed by atoms with van der Waals surface area (Å²) in [7, 11) is 1.64. The van der Waals surface area contributed by atoms with Crippen LogP contribution in [0.4, 0.5) is 4.79 Å². The normalized spacial score (nSPS) is 19.7. The van der Waals surface area contributed by atoms with E-state index in [0.29, 0.717) is 6.42 Å². The van der Waals surface area contributed by atoms with Crippen molar-refractivity contribution in [1.29, 1.82) is 0 Å². The minimum Gasteiger partial charge on any atom is -0.481 e. The first kappa shape index (κ1) is 23.8. The Labute approximate surface area is 198 Å². The van der Waals surface area contributed by atoms with Gasteiger partial charge in [0, 0.05) is 25.5 Å². The fourth-order valence-corrected chi connectivity index (χ4v) is 4.91. The number of aliphatic carboxylic acids is 1. The molecule has 8 heteroatoms. The van der Waals surface area contributed by atoms with Crippen molar-refractivity contribution >= 4 is 18.0 Å². The molecule has 8 nitrogen and oxygen atoms in total. The summed E-state index contributed by atoms with van der Waals surface area (Å²) in [6.45, 7) is 0.116. The molecule has 4 rings (SSSR count). The lowest BCUT2D eigenvalue weighted by Crippen LogP contribution is -2.49. The van der Waals surface area contributed by atoms with E-state index in [1.165, 1.54) is 0 Å². The zero-order valence-corrected chi connectivity index (χ0v) is 19.2. The van der Waals surface area contributed by atoms with E-state index < -0.39 is 24.0 Å². The summed E-state index contributed by atoms with van der Waals surface area (Å²) in [4.78, 5) is 36.5. The maximum Gasteiger partial charge on any atom is 0.407 e. The van der Waals surface area contributed by atoms with Crippen LogP contribution in [0.5, 0.6) is 0 Å². The fourth-order valence-electron chi connectivity index (χ4n) is 4.91. The van der Waals surface area contributed by atoms with Crippen molar-refractivity contribution < 1.29 is 29.0 Å². The SMILES string of the molecule is COC1CCC(NC(=O)C(CCC(=O)O)NC(=O)OCC2c3ccccc3-c3ccccc32)C1. The molecule has 2 aliphatic carbocycles. The van der Waals surface area contributed by atoms with E-state index in [0.717, 1.165) is 35.1 Å². The Morgan fingerprint density at radius 2 is 1.68 bits per heavy atom. The average Bonchev–Trinajstić information content (AvgIpc) is 3.42. The number of carboxylic acid groups (broad SMARTS) is 1. The number of rotatable bonds is 9. The molecule has 1 saturated carbocycles. The van der Waals surface area contributed by atoms with E-state index in [9.17, 15) is 14.4 Å². The number of alkyl carbamates (subject to hydrolysis) is 1. The summed E-state index contributed by atoms with van der Waals surface area (Å²) in [5, 5.41) is 14.6. The number of fused-ring (bicyclic) bond motifs is 3. The van der Waals surface area contributed by atoms with Crippen LogP contribution in [0.15, 0.2) is 48.5 Å². The van der Waals surface area contributed by atoms with Crippen molar-refractivity contribution in [2.75, 3.05) is 13.7 Å². The van der Waals surface area contributed by atoms with E-state index in [1.807, 2.05) is 36.4 Å². The van der Waals surface area contributed by atoms with Crippen LogP contribution in [0.3, 0.4) is 0 Å². The first-order valence-electron chi connectivity index (χ1n) is 11.6. The zero-order valence-electron chi connectivity index (χ0n) is 19.2. The largest absolute Gasteiger partial charge is 0.481 e. The predicted octanol–water partition coefficient (Wildman–Crippen LogP) is 3.44. The van der Waals surface area contributed by atoms with E-state index in [-0.39, 0.29) is 37.5 Å². The number of carbonyl (C=O) groups excluding carboxylic acids is 2. The molecule has 0 spiro atoms. The van der Waals surface area contributed by atoms with Gasteiger partial charge in [0.05, 0.1) is 6.10 Å². The lowest BCUT2D eigenvalue weighted by Gasteiger charge is -2.21. The summed E-state index contributed by atoms with van der Waals surface area (Å²) >= 11 is 0. The number of carbonyl (C=O) groups is 3. The van der Waals surface area contributed by atoms with Gasteiger partial charge >= 0.3 is 12.1 Å². The first-order chi connectivity index (χ1) is 16.5. The number of carboxylic acids is 1. The second-order valence-corrected chi connectivity index (χ2v) is 8.83. The molecule has 2 amide bonds. The first-order valence-corrected chi connectivity index (χ1v) is 11.6. The van der Waals surface area contributed by atoms with E-state index in [4.69, 9.17) is 14.6 Å². The molecule has 0 aromatic heterocycles. The van der Waals surface area contributed by atoms with Gasteiger partial charge in [-0.25, -0.2) is 4.79 Å². The molecule has 0 aliphatic heterocycles. The zero-order chi connectivity index (χ0) is 24.1. The van der Waals surface area contributed by atoms with Gasteiger partial charge in [0.15, 0.2) is 0 Å². The van der Waals surface area contributed by atoms with Crippen molar-refractivity contribution in [3.63, 3.8) is 0 Å². The molecular formula is C26H30N2O6. The van der Waals surface area contributed by atoms with Gasteiger partial charge < -0.3 is 25.2 Å². The Bertz CT molecular complexity index is 1010. The topological polar surface area (TPSA) is 114 Å². The minimum absolute atomic E-state index is 0.0220. The predicted molar refractivity (Wildman–Crippen MR) is 125 cm³/mol. The van der Waals surface area contributed by atoms with Gasteiger partial charge in [-0.2, -0.15) is 0 Å². The molecule has 2 aliphatic rings. The molecule has 0 heterocycles. The van der Waals surface area contributed by atoms with Crippen molar-refractivity contribution in [3.8, 4) is 11.1 Å². The van der Waals surface area contributed by atoms with Gasteiger partial charge in [-0.05, 0) is 47.9 Å². The number of ether oxygens (including phenoxy) is 2. The number of hydrogen-bond donors (Lipinski definition) is 3. The molecule has 180 valence electrons. The van der Waals surface area contributed by atoms with Crippen LogP contribution >= 0.6 is 0 Å². The van der Waals surface area contributed by atoms with Crippen molar-refractivity contribution in [1.82, 2.24) is 10.6 Å². The van der Waals surface area contributed by atoms with Crippen molar-refractivity contribution in [2.45, 2.75) is 56.2 Å². The molecule has 1 fully saturated rings.